The van der Waals surface area contributed by atoms with Crippen LogP contribution in [0.3, 0.4) is 0 Å². The Balaban J connectivity index is 3.26. The monoisotopic (exact) mass is 147 g/mol. The first-order chi connectivity index (χ1) is 4.18. The maximum absolute atomic E-state index is 10.9. The van der Waals surface area contributed by atoms with E-state index >= 15 is 0 Å². The zero-order valence-electron chi connectivity index (χ0n) is 5.89. The van der Waals surface area contributed by atoms with E-state index in [2.05, 4.69) is 11.3 Å². The van der Waals surface area contributed by atoms with Crippen LogP contribution in [0.5, 0.6) is 0 Å². The van der Waals surface area contributed by atoms with E-state index in [1.54, 1.807) is 6.08 Å². The SMILES string of the molecule is C=CCN[S@+]([O-])C(C)C. The van der Waals surface area contributed by atoms with Gasteiger partial charge in [-0.25, -0.2) is 0 Å². The van der Waals surface area contributed by atoms with Crippen LogP contribution in [-0.4, -0.2) is 16.3 Å². The predicted molar refractivity (Wildman–Crippen MR) is 41.5 cm³/mol. The van der Waals surface area contributed by atoms with Gasteiger partial charge in [0.15, 0.2) is 0 Å². The third kappa shape index (κ3) is 4.51. The molecular weight excluding hydrogens is 134 g/mol. The second kappa shape index (κ2) is 4.85. The lowest BCUT2D eigenvalue weighted by molar-refractivity contribution is 0.575. The summed E-state index contributed by atoms with van der Waals surface area (Å²) in [6.45, 7) is 7.93. The molecule has 0 amide bonds. The molecule has 0 aliphatic carbocycles. The van der Waals surface area contributed by atoms with Crippen molar-refractivity contribution in [3.63, 3.8) is 0 Å². The van der Waals surface area contributed by atoms with Crippen molar-refractivity contribution in [3.05, 3.63) is 12.7 Å². The molecule has 0 rings (SSSR count). The first-order valence-electron chi connectivity index (χ1n) is 2.93. The topological polar surface area (TPSA) is 35.1 Å². The minimum absolute atomic E-state index is 0.185. The number of nitrogens with one attached hydrogen (secondary N) is 1. The second-order valence-electron chi connectivity index (χ2n) is 1.98. The van der Waals surface area contributed by atoms with Gasteiger partial charge in [-0.3, -0.25) is 0 Å². The Morgan fingerprint density at radius 1 is 1.78 bits per heavy atom. The van der Waals surface area contributed by atoms with Crippen molar-refractivity contribution >= 4 is 11.4 Å². The first-order valence-corrected chi connectivity index (χ1v) is 4.14. The summed E-state index contributed by atoms with van der Waals surface area (Å²) in [7, 11) is 0. The molecule has 3 heteroatoms. The third-order valence-corrected chi connectivity index (χ3v) is 2.11. The molecular formula is C6H13NOS. The molecule has 1 N–H and O–H groups in total. The van der Waals surface area contributed by atoms with E-state index in [9.17, 15) is 4.55 Å². The fourth-order valence-corrected chi connectivity index (χ4v) is 0.923. The van der Waals surface area contributed by atoms with Crippen molar-refractivity contribution in [1.82, 2.24) is 4.72 Å². The average molecular weight is 147 g/mol. The average Bonchev–Trinajstić information content (AvgIpc) is 1.82. The van der Waals surface area contributed by atoms with Crippen LogP contribution in [0.15, 0.2) is 12.7 Å². The van der Waals surface area contributed by atoms with Gasteiger partial charge in [-0.2, -0.15) is 0 Å². The van der Waals surface area contributed by atoms with Crippen molar-refractivity contribution in [1.29, 1.82) is 0 Å². The van der Waals surface area contributed by atoms with Crippen LogP contribution in [0.2, 0.25) is 0 Å². The molecule has 0 fully saturated rings. The van der Waals surface area contributed by atoms with E-state index in [0.29, 0.717) is 6.54 Å². The van der Waals surface area contributed by atoms with Gasteiger partial charge in [-0.05, 0) is 13.8 Å². The lowest BCUT2D eigenvalue weighted by Crippen LogP contribution is -2.30. The van der Waals surface area contributed by atoms with Crippen LogP contribution in [0.1, 0.15) is 13.8 Å². The van der Waals surface area contributed by atoms with E-state index in [-0.39, 0.29) is 5.25 Å². The largest absolute Gasteiger partial charge is 0.598 e. The highest BCUT2D eigenvalue weighted by Gasteiger charge is 2.08. The lowest BCUT2D eigenvalue weighted by atomic mass is 10.6. The molecule has 0 aromatic carbocycles. The van der Waals surface area contributed by atoms with Gasteiger partial charge >= 0.3 is 0 Å². The Hall–Kier alpha value is 0.01000. The summed E-state index contributed by atoms with van der Waals surface area (Å²) >= 11 is -0.893. The Kier molecular flexibility index (Phi) is 4.85. The van der Waals surface area contributed by atoms with Gasteiger partial charge in [0.25, 0.3) is 0 Å². The molecule has 0 aromatic rings. The Morgan fingerprint density at radius 2 is 2.33 bits per heavy atom. The molecule has 0 saturated heterocycles. The fourth-order valence-electron chi connectivity index (χ4n) is 0.308. The van der Waals surface area contributed by atoms with Crippen molar-refractivity contribution in [3.8, 4) is 0 Å². The Morgan fingerprint density at radius 3 is 2.67 bits per heavy atom. The van der Waals surface area contributed by atoms with Crippen LogP contribution in [0, 0.1) is 0 Å². The normalized spacial score (nSPS) is 13.8. The maximum atomic E-state index is 10.9. The van der Waals surface area contributed by atoms with Gasteiger partial charge in [0.1, 0.15) is 5.25 Å². The molecule has 0 aliphatic rings. The molecule has 0 spiro atoms. The van der Waals surface area contributed by atoms with Gasteiger partial charge in [0.05, 0.1) is 6.54 Å². The number of rotatable bonds is 4. The van der Waals surface area contributed by atoms with Gasteiger partial charge < -0.3 is 4.55 Å². The summed E-state index contributed by atoms with van der Waals surface area (Å²) in [5.41, 5.74) is 0. The molecule has 0 bridgehead atoms. The van der Waals surface area contributed by atoms with Gasteiger partial charge in [-0.1, -0.05) is 6.08 Å². The molecule has 0 radical (unpaired) electrons. The van der Waals surface area contributed by atoms with Crippen LogP contribution >= 0.6 is 0 Å². The molecule has 1 atom stereocenters. The predicted octanol–water partition coefficient (Wildman–Crippen LogP) is 0.834. The summed E-state index contributed by atoms with van der Waals surface area (Å²) in [5, 5.41) is 0.185. The Bertz CT molecular complexity index is 85.1. The summed E-state index contributed by atoms with van der Waals surface area (Å²) in [6.07, 6.45) is 1.69. The smallest absolute Gasteiger partial charge is 0.129 e. The molecule has 0 heterocycles. The highest BCUT2D eigenvalue weighted by atomic mass is 32.2. The lowest BCUT2D eigenvalue weighted by Gasteiger charge is -2.12. The van der Waals surface area contributed by atoms with Gasteiger partial charge in [0.2, 0.25) is 0 Å². The summed E-state index contributed by atoms with van der Waals surface area (Å²) < 4.78 is 13.6. The van der Waals surface area contributed by atoms with Crippen LogP contribution in [0.4, 0.5) is 0 Å². The van der Waals surface area contributed by atoms with E-state index < -0.39 is 11.4 Å². The second-order valence-corrected chi connectivity index (χ2v) is 3.81. The van der Waals surface area contributed by atoms with Crippen molar-refractivity contribution in [2.24, 2.45) is 0 Å². The number of hydrogen-bond acceptors (Lipinski definition) is 2. The third-order valence-electron chi connectivity index (χ3n) is 0.798. The van der Waals surface area contributed by atoms with Crippen LogP contribution < -0.4 is 4.72 Å². The quantitative estimate of drug-likeness (QED) is 0.472. The highest BCUT2D eigenvalue weighted by Crippen LogP contribution is 1.94. The fraction of sp³-hybridized carbons (Fsp3) is 0.667. The Labute approximate surface area is 59.7 Å². The van der Waals surface area contributed by atoms with E-state index in [1.807, 2.05) is 13.8 Å². The minimum atomic E-state index is -0.893. The maximum Gasteiger partial charge on any atom is 0.129 e. The van der Waals surface area contributed by atoms with Crippen molar-refractivity contribution in [2.75, 3.05) is 6.54 Å². The molecule has 0 aromatic heterocycles. The van der Waals surface area contributed by atoms with E-state index in [0.717, 1.165) is 0 Å². The van der Waals surface area contributed by atoms with E-state index in [4.69, 9.17) is 0 Å². The van der Waals surface area contributed by atoms with Crippen LogP contribution in [0.25, 0.3) is 0 Å². The van der Waals surface area contributed by atoms with Gasteiger partial charge in [-0.15, -0.1) is 11.3 Å². The summed E-state index contributed by atoms with van der Waals surface area (Å²) in [5.74, 6) is 0. The van der Waals surface area contributed by atoms with Crippen molar-refractivity contribution in [2.45, 2.75) is 19.1 Å². The highest BCUT2D eigenvalue weighted by molar-refractivity contribution is 7.90. The van der Waals surface area contributed by atoms with Crippen molar-refractivity contribution < 1.29 is 4.55 Å². The molecule has 2 nitrogen and oxygen atoms in total. The number of hydrogen-bond donors (Lipinski definition) is 1. The van der Waals surface area contributed by atoms with E-state index in [1.165, 1.54) is 0 Å². The molecule has 0 aliphatic heterocycles. The summed E-state index contributed by atoms with van der Waals surface area (Å²) in [6, 6.07) is 0. The molecule has 0 unspecified atom stereocenters. The summed E-state index contributed by atoms with van der Waals surface area (Å²) in [4.78, 5) is 0. The first kappa shape index (κ1) is 9.01. The standard InChI is InChI=1S/C6H13NOS/c1-4-5-7-9(8)6(2)3/h4,6-7H,1,5H2,2-3H3/t9-/m1/s1. The van der Waals surface area contributed by atoms with Crippen LogP contribution in [-0.2, 0) is 11.4 Å². The zero-order chi connectivity index (χ0) is 7.28. The van der Waals surface area contributed by atoms with Gasteiger partial charge in [0, 0.05) is 11.4 Å². The zero-order valence-corrected chi connectivity index (χ0v) is 6.70. The molecule has 54 valence electrons. The molecule has 9 heavy (non-hydrogen) atoms. The molecule has 0 saturated carbocycles. The minimum Gasteiger partial charge on any atom is -0.598 e.